The lowest BCUT2D eigenvalue weighted by Gasteiger charge is -2.32. The Morgan fingerprint density at radius 1 is 1.15 bits per heavy atom. The van der Waals surface area contributed by atoms with Gasteiger partial charge in [-0.05, 0) is 31.1 Å². The van der Waals surface area contributed by atoms with Crippen LogP contribution in [0.25, 0.3) is 0 Å². The Morgan fingerprint density at radius 2 is 1.92 bits per heavy atom. The van der Waals surface area contributed by atoms with Crippen LogP contribution in [0, 0.1) is 11.8 Å². The first-order valence-corrected chi connectivity index (χ1v) is 5.53. The molecule has 1 amide bonds. The molecule has 2 aliphatic rings. The van der Waals surface area contributed by atoms with Gasteiger partial charge in [0.2, 0.25) is 5.91 Å². The van der Waals surface area contributed by atoms with Crippen LogP contribution in [0.2, 0.25) is 0 Å². The van der Waals surface area contributed by atoms with Gasteiger partial charge in [-0.1, -0.05) is 19.3 Å². The molecular formula is C11H19NO. The maximum atomic E-state index is 10.9. The van der Waals surface area contributed by atoms with E-state index in [1.165, 1.54) is 38.5 Å². The van der Waals surface area contributed by atoms with E-state index in [4.69, 9.17) is 0 Å². The van der Waals surface area contributed by atoms with Crippen molar-refractivity contribution in [1.29, 1.82) is 0 Å². The lowest BCUT2D eigenvalue weighted by atomic mass is 9.79. The smallest absolute Gasteiger partial charge is 0.217 e. The molecule has 0 aromatic carbocycles. The van der Waals surface area contributed by atoms with Gasteiger partial charge in [0.1, 0.15) is 0 Å². The fourth-order valence-electron chi connectivity index (χ4n) is 3.12. The van der Waals surface area contributed by atoms with Gasteiger partial charge in [0.05, 0.1) is 0 Å². The molecular weight excluding hydrogens is 162 g/mol. The molecule has 2 aliphatic carbocycles. The summed E-state index contributed by atoms with van der Waals surface area (Å²) < 4.78 is 0. The van der Waals surface area contributed by atoms with Gasteiger partial charge in [-0.15, -0.1) is 0 Å². The van der Waals surface area contributed by atoms with E-state index in [2.05, 4.69) is 5.32 Å². The van der Waals surface area contributed by atoms with Crippen molar-refractivity contribution in [3.8, 4) is 0 Å². The number of hydrogen-bond donors (Lipinski definition) is 1. The average molecular weight is 181 g/mol. The summed E-state index contributed by atoms with van der Waals surface area (Å²) in [4.78, 5) is 10.9. The zero-order valence-electron chi connectivity index (χ0n) is 8.38. The molecule has 0 heterocycles. The molecule has 0 aromatic rings. The number of nitrogens with one attached hydrogen (secondary N) is 1. The minimum atomic E-state index is 0.140. The van der Waals surface area contributed by atoms with Gasteiger partial charge in [0, 0.05) is 13.0 Å². The fourth-order valence-corrected chi connectivity index (χ4v) is 3.12. The van der Waals surface area contributed by atoms with Crippen molar-refractivity contribution in [3.05, 3.63) is 0 Å². The first-order valence-electron chi connectivity index (χ1n) is 5.53. The highest BCUT2D eigenvalue weighted by Gasteiger charge is 2.33. The summed E-state index contributed by atoms with van der Waals surface area (Å²) >= 11 is 0. The Bertz CT molecular complexity index is 202. The van der Waals surface area contributed by atoms with Gasteiger partial charge in [0.15, 0.2) is 0 Å². The van der Waals surface area contributed by atoms with E-state index in [-0.39, 0.29) is 5.91 Å². The highest BCUT2D eigenvalue weighted by Crippen LogP contribution is 2.41. The van der Waals surface area contributed by atoms with Gasteiger partial charge >= 0.3 is 0 Å². The van der Waals surface area contributed by atoms with Crippen molar-refractivity contribution in [2.75, 3.05) is 0 Å². The van der Waals surface area contributed by atoms with Gasteiger partial charge < -0.3 is 5.32 Å². The lowest BCUT2D eigenvalue weighted by Crippen LogP contribution is -2.38. The summed E-state index contributed by atoms with van der Waals surface area (Å²) in [6, 6.07) is 0.483. The second kappa shape index (κ2) is 3.69. The van der Waals surface area contributed by atoms with Crippen LogP contribution in [0.1, 0.15) is 45.4 Å². The molecule has 2 nitrogen and oxygen atoms in total. The van der Waals surface area contributed by atoms with Crippen LogP contribution in [0.5, 0.6) is 0 Å². The monoisotopic (exact) mass is 181 g/mol. The Hall–Kier alpha value is -0.530. The Balaban J connectivity index is 1.86. The zero-order valence-corrected chi connectivity index (χ0v) is 8.38. The molecule has 0 bridgehead atoms. The Labute approximate surface area is 80.1 Å². The topological polar surface area (TPSA) is 29.1 Å². The number of fused-ring (bicyclic) bond motifs is 1. The maximum Gasteiger partial charge on any atom is 0.217 e. The largest absolute Gasteiger partial charge is 0.354 e. The van der Waals surface area contributed by atoms with Crippen LogP contribution in [0.4, 0.5) is 0 Å². The van der Waals surface area contributed by atoms with Crippen LogP contribution in [-0.4, -0.2) is 11.9 Å². The van der Waals surface area contributed by atoms with E-state index >= 15 is 0 Å². The summed E-state index contributed by atoms with van der Waals surface area (Å²) in [5.41, 5.74) is 0. The van der Waals surface area contributed by atoms with Crippen molar-refractivity contribution in [1.82, 2.24) is 5.32 Å². The Kier molecular flexibility index (Phi) is 2.56. The molecule has 3 atom stereocenters. The molecule has 2 heteroatoms. The van der Waals surface area contributed by atoms with Crippen molar-refractivity contribution in [2.24, 2.45) is 11.8 Å². The molecule has 13 heavy (non-hydrogen) atoms. The highest BCUT2D eigenvalue weighted by molar-refractivity contribution is 5.73. The number of amides is 1. The summed E-state index contributed by atoms with van der Waals surface area (Å²) in [6.45, 7) is 1.63. The van der Waals surface area contributed by atoms with Crippen LogP contribution < -0.4 is 5.32 Å². The van der Waals surface area contributed by atoms with Crippen LogP contribution in [0.15, 0.2) is 0 Å². The zero-order chi connectivity index (χ0) is 9.26. The predicted molar refractivity (Wildman–Crippen MR) is 52.3 cm³/mol. The number of carbonyl (C=O) groups excluding carboxylic acids is 1. The second-order valence-electron chi connectivity index (χ2n) is 4.66. The quantitative estimate of drug-likeness (QED) is 0.659. The molecule has 74 valence electrons. The molecule has 0 spiro atoms. The van der Waals surface area contributed by atoms with E-state index in [0.29, 0.717) is 6.04 Å². The summed E-state index contributed by atoms with van der Waals surface area (Å²) in [5, 5.41) is 3.06. The van der Waals surface area contributed by atoms with Gasteiger partial charge in [-0.3, -0.25) is 4.79 Å². The summed E-state index contributed by atoms with van der Waals surface area (Å²) in [6.07, 6.45) is 8.06. The fraction of sp³-hybridized carbons (Fsp3) is 0.909. The van der Waals surface area contributed by atoms with E-state index in [9.17, 15) is 4.79 Å². The van der Waals surface area contributed by atoms with Crippen molar-refractivity contribution < 1.29 is 4.79 Å². The van der Waals surface area contributed by atoms with Crippen LogP contribution in [0.3, 0.4) is 0 Å². The Morgan fingerprint density at radius 3 is 2.69 bits per heavy atom. The second-order valence-corrected chi connectivity index (χ2v) is 4.66. The predicted octanol–water partition coefficient (Wildman–Crippen LogP) is 2.09. The SMILES string of the molecule is CC(=O)NC1CCC2CCCC2C1. The average Bonchev–Trinajstić information content (AvgIpc) is 2.49. The maximum absolute atomic E-state index is 10.9. The van der Waals surface area contributed by atoms with E-state index in [0.717, 1.165) is 11.8 Å². The molecule has 0 aliphatic heterocycles. The molecule has 0 aromatic heterocycles. The third-order valence-corrected chi connectivity index (χ3v) is 3.70. The van der Waals surface area contributed by atoms with Gasteiger partial charge in [-0.2, -0.15) is 0 Å². The molecule has 0 radical (unpaired) electrons. The van der Waals surface area contributed by atoms with E-state index in [1.54, 1.807) is 6.92 Å². The van der Waals surface area contributed by atoms with Gasteiger partial charge in [-0.25, -0.2) is 0 Å². The van der Waals surface area contributed by atoms with Crippen molar-refractivity contribution in [3.63, 3.8) is 0 Å². The van der Waals surface area contributed by atoms with Crippen LogP contribution in [-0.2, 0) is 4.79 Å². The highest BCUT2D eigenvalue weighted by atomic mass is 16.1. The molecule has 2 rings (SSSR count). The van der Waals surface area contributed by atoms with E-state index in [1.807, 2.05) is 0 Å². The number of carbonyl (C=O) groups is 1. The lowest BCUT2D eigenvalue weighted by molar-refractivity contribution is -0.120. The molecule has 0 saturated heterocycles. The first-order chi connectivity index (χ1) is 6.25. The molecule has 2 saturated carbocycles. The summed E-state index contributed by atoms with van der Waals surface area (Å²) in [7, 11) is 0. The minimum absolute atomic E-state index is 0.140. The molecule has 3 unspecified atom stereocenters. The van der Waals surface area contributed by atoms with E-state index < -0.39 is 0 Å². The van der Waals surface area contributed by atoms with Crippen molar-refractivity contribution >= 4 is 5.91 Å². The summed E-state index contributed by atoms with van der Waals surface area (Å²) in [5.74, 6) is 2.05. The number of hydrogen-bond acceptors (Lipinski definition) is 1. The first kappa shape index (κ1) is 9.04. The number of rotatable bonds is 1. The van der Waals surface area contributed by atoms with Crippen LogP contribution >= 0.6 is 0 Å². The van der Waals surface area contributed by atoms with Crippen molar-refractivity contribution in [2.45, 2.75) is 51.5 Å². The standard InChI is InChI=1S/C11H19NO/c1-8(13)12-11-6-5-9-3-2-4-10(9)7-11/h9-11H,2-7H2,1H3,(H,12,13). The molecule has 1 N–H and O–H groups in total. The minimum Gasteiger partial charge on any atom is -0.354 e. The van der Waals surface area contributed by atoms with Gasteiger partial charge in [0.25, 0.3) is 0 Å². The third kappa shape index (κ3) is 2.04. The molecule has 2 fully saturated rings. The normalized spacial score (nSPS) is 38.4. The third-order valence-electron chi connectivity index (χ3n) is 3.70.